The lowest BCUT2D eigenvalue weighted by molar-refractivity contribution is -0.120. The van der Waals surface area contributed by atoms with E-state index in [0.29, 0.717) is 17.9 Å². The summed E-state index contributed by atoms with van der Waals surface area (Å²) in [5.74, 6) is 1.71. The highest BCUT2D eigenvalue weighted by Crippen LogP contribution is 2.42. The fraction of sp³-hybridized carbons (Fsp3) is 0.684. The van der Waals surface area contributed by atoms with Crippen molar-refractivity contribution in [2.75, 3.05) is 5.32 Å². The van der Waals surface area contributed by atoms with E-state index in [2.05, 4.69) is 36.3 Å². The van der Waals surface area contributed by atoms with Gasteiger partial charge in [-0.15, -0.1) is 21.5 Å². The Morgan fingerprint density at radius 1 is 1.38 bits per heavy atom. The van der Waals surface area contributed by atoms with Crippen LogP contribution in [0.1, 0.15) is 56.4 Å². The summed E-state index contributed by atoms with van der Waals surface area (Å²) in [6, 6.07) is 0. The van der Waals surface area contributed by atoms with Crippen molar-refractivity contribution in [3.05, 3.63) is 22.7 Å². The molecule has 0 saturated heterocycles. The van der Waals surface area contributed by atoms with E-state index in [1.165, 1.54) is 23.4 Å². The van der Waals surface area contributed by atoms with Gasteiger partial charge in [-0.1, -0.05) is 27.2 Å². The van der Waals surface area contributed by atoms with Gasteiger partial charge in [0.05, 0.1) is 11.6 Å². The fourth-order valence-electron chi connectivity index (χ4n) is 4.06. The summed E-state index contributed by atoms with van der Waals surface area (Å²) in [5, 5.41) is 11.9. The van der Waals surface area contributed by atoms with Gasteiger partial charge in [-0.2, -0.15) is 0 Å². The number of anilines is 1. The molecule has 0 aromatic carbocycles. The Kier molecular flexibility index (Phi) is 4.59. The molecular formula is C19H27N5OS. The van der Waals surface area contributed by atoms with Crippen LogP contribution in [0.15, 0.2) is 6.33 Å². The molecule has 6 nitrogen and oxygen atoms in total. The summed E-state index contributed by atoms with van der Waals surface area (Å²) >= 11 is 1.67. The summed E-state index contributed by atoms with van der Waals surface area (Å²) in [6.45, 7) is 7.68. The van der Waals surface area contributed by atoms with Crippen LogP contribution in [0.2, 0.25) is 0 Å². The molecule has 1 N–H and O–H groups in total. The molecule has 1 amide bonds. The molecule has 3 heterocycles. The first-order chi connectivity index (χ1) is 12.5. The number of aromatic nitrogens is 4. The van der Waals surface area contributed by atoms with Gasteiger partial charge in [-0.25, -0.2) is 4.98 Å². The Bertz CT molecular complexity index is 809. The van der Waals surface area contributed by atoms with Gasteiger partial charge in [0.2, 0.25) is 5.91 Å². The van der Waals surface area contributed by atoms with Gasteiger partial charge in [0.1, 0.15) is 12.2 Å². The van der Waals surface area contributed by atoms with Crippen molar-refractivity contribution in [3.63, 3.8) is 0 Å². The minimum atomic E-state index is -0.0359. The van der Waals surface area contributed by atoms with Crippen LogP contribution in [0.4, 0.5) is 5.13 Å². The van der Waals surface area contributed by atoms with Crippen LogP contribution < -0.4 is 5.32 Å². The molecule has 0 fully saturated rings. The van der Waals surface area contributed by atoms with Crippen molar-refractivity contribution in [2.45, 2.75) is 65.8 Å². The summed E-state index contributed by atoms with van der Waals surface area (Å²) in [5.41, 5.74) is 1.56. The molecule has 140 valence electrons. The van der Waals surface area contributed by atoms with Crippen LogP contribution in [-0.2, 0) is 30.6 Å². The average Bonchev–Trinajstić information content (AvgIpc) is 3.26. The zero-order valence-electron chi connectivity index (χ0n) is 15.8. The number of fused-ring (bicyclic) bond motifs is 2. The first kappa shape index (κ1) is 17.6. The predicted octanol–water partition coefficient (Wildman–Crippen LogP) is 3.48. The number of aryl methyl sites for hydroxylation is 2. The maximum Gasteiger partial charge on any atom is 0.231 e. The number of nitrogens with zero attached hydrogens (tertiary/aromatic N) is 4. The lowest BCUT2D eigenvalue weighted by Gasteiger charge is -2.35. The second-order valence-corrected chi connectivity index (χ2v) is 9.38. The second kappa shape index (κ2) is 6.76. The van der Waals surface area contributed by atoms with Crippen LogP contribution in [-0.4, -0.2) is 25.7 Å². The highest BCUT2D eigenvalue weighted by Gasteiger charge is 2.33. The second-order valence-electron chi connectivity index (χ2n) is 8.30. The van der Waals surface area contributed by atoms with E-state index in [0.717, 1.165) is 36.6 Å². The topological polar surface area (TPSA) is 72.7 Å². The van der Waals surface area contributed by atoms with E-state index < -0.39 is 0 Å². The average molecular weight is 374 g/mol. The number of thiazole rings is 1. The zero-order valence-corrected chi connectivity index (χ0v) is 16.6. The summed E-state index contributed by atoms with van der Waals surface area (Å²) in [6.07, 6.45) is 7.86. The van der Waals surface area contributed by atoms with E-state index in [9.17, 15) is 4.79 Å². The maximum atomic E-state index is 12.7. The lowest BCUT2D eigenvalue weighted by Crippen LogP contribution is -2.31. The Morgan fingerprint density at radius 3 is 3.04 bits per heavy atom. The Hall–Kier alpha value is -1.76. The largest absolute Gasteiger partial charge is 0.317 e. The first-order valence-corrected chi connectivity index (χ1v) is 10.4. The van der Waals surface area contributed by atoms with E-state index in [-0.39, 0.29) is 11.8 Å². The van der Waals surface area contributed by atoms with E-state index >= 15 is 0 Å². The fourth-order valence-corrected chi connectivity index (χ4v) is 5.15. The van der Waals surface area contributed by atoms with E-state index in [1.54, 1.807) is 17.7 Å². The van der Waals surface area contributed by atoms with Gasteiger partial charge in [-0.05, 0) is 37.0 Å². The van der Waals surface area contributed by atoms with Gasteiger partial charge in [-0.3, -0.25) is 4.79 Å². The molecule has 4 rings (SSSR count). The van der Waals surface area contributed by atoms with Crippen LogP contribution in [0.25, 0.3) is 0 Å². The highest BCUT2D eigenvalue weighted by molar-refractivity contribution is 7.15. The highest BCUT2D eigenvalue weighted by atomic mass is 32.1. The Labute approximate surface area is 158 Å². The van der Waals surface area contributed by atoms with Gasteiger partial charge < -0.3 is 9.88 Å². The molecule has 0 radical (unpaired) electrons. The SMILES string of the molecule is CCC(C)(C)C1CCc2nc(NC(=O)C3CCc4nncn4C3)sc2C1. The number of carbonyl (C=O) groups excluding carboxylic acids is 1. The van der Waals surface area contributed by atoms with Crippen molar-refractivity contribution in [1.29, 1.82) is 0 Å². The minimum absolute atomic E-state index is 0.0359. The smallest absolute Gasteiger partial charge is 0.231 e. The van der Waals surface area contributed by atoms with Crippen LogP contribution in [0.5, 0.6) is 0 Å². The molecule has 2 atom stereocenters. The number of carbonyl (C=O) groups is 1. The Balaban J connectivity index is 1.42. The molecule has 26 heavy (non-hydrogen) atoms. The third-order valence-electron chi connectivity index (χ3n) is 6.39. The summed E-state index contributed by atoms with van der Waals surface area (Å²) in [4.78, 5) is 18.8. The standard InChI is InChI=1S/C19H27N5OS/c1-4-19(2,3)13-6-7-14-15(9-13)26-18(21-14)22-17(25)12-5-8-16-23-20-11-24(16)10-12/h11-13H,4-10H2,1-3H3,(H,21,22,25). The molecule has 0 saturated carbocycles. The summed E-state index contributed by atoms with van der Waals surface area (Å²) in [7, 11) is 0. The third-order valence-corrected chi connectivity index (χ3v) is 7.42. The maximum absolute atomic E-state index is 12.7. The molecule has 1 aliphatic heterocycles. The van der Waals surface area contributed by atoms with Gasteiger partial charge in [0.15, 0.2) is 5.13 Å². The monoisotopic (exact) mass is 373 g/mol. The van der Waals surface area contributed by atoms with Gasteiger partial charge >= 0.3 is 0 Å². The number of rotatable bonds is 4. The normalized spacial score (nSPS) is 22.6. The Morgan fingerprint density at radius 2 is 2.23 bits per heavy atom. The summed E-state index contributed by atoms with van der Waals surface area (Å²) < 4.78 is 1.98. The van der Waals surface area contributed by atoms with E-state index in [4.69, 9.17) is 4.98 Å². The van der Waals surface area contributed by atoms with Crippen molar-refractivity contribution in [2.24, 2.45) is 17.3 Å². The molecule has 1 aliphatic carbocycles. The minimum Gasteiger partial charge on any atom is -0.317 e. The molecule has 0 spiro atoms. The molecule has 7 heteroatoms. The number of hydrogen-bond donors (Lipinski definition) is 1. The van der Waals surface area contributed by atoms with E-state index in [1.807, 2.05) is 4.57 Å². The van der Waals surface area contributed by atoms with Crippen molar-refractivity contribution >= 4 is 22.4 Å². The van der Waals surface area contributed by atoms with Crippen LogP contribution in [0.3, 0.4) is 0 Å². The third kappa shape index (κ3) is 3.29. The molecule has 0 bridgehead atoms. The van der Waals surface area contributed by atoms with Gasteiger partial charge in [0.25, 0.3) is 0 Å². The molecule has 2 aromatic rings. The number of nitrogens with one attached hydrogen (secondary N) is 1. The molecule has 2 unspecified atom stereocenters. The van der Waals surface area contributed by atoms with Gasteiger partial charge in [0, 0.05) is 17.8 Å². The molecule has 2 aliphatic rings. The first-order valence-electron chi connectivity index (χ1n) is 9.62. The number of amides is 1. The lowest BCUT2D eigenvalue weighted by atomic mass is 9.70. The molecular weight excluding hydrogens is 346 g/mol. The zero-order chi connectivity index (χ0) is 18.3. The van der Waals surface area contributed by atoms with Crippen molar-refractivity contribution in [1.82, 2.24) is 19.7 Å². The number of hydrogen-bond acceptors (Lipinski definition) is 5. The molecule has 2 aromatic heterocycles. The predicted molar refractivity (Wildman–Crippen MR) is 102 cm³/mol. The van der Waals surface area contributed by atoms with Crippen molar-refractivity contribution < 1.29 is 4.79 Å². The van der Waals surface area contributed by atoms with Crippen LogP contribution in [0, 0.1) is 17.3 Å². The van der Waals surface area contributed by atoms with Crippen LogP contribution >= 0.6 is 11.3 Å². The quantitative estimate of drug-likeness (QED) is 0.890. The van der Waals surface area contributed by atoms with Crippen molar-refractivity contribution in [3.8, 4) is 0 Å².